The van der Waals surface area contributed by atoms with E-state index >= 15 is 0 Å². The highest BCUT2D eigenvalue weighted by molar-refractivity contribution is 7.47. The first-order valence-electron chi connectivity index (χ1n) is 39.7. The number of hydrogen-bond acceptors (Lipinski definition) is 15. The smallest absolute Gasteiger partial charge is 0.462 e. The van der Waals surface area contributed by atoms with Gasteiger partial charge in [0.05, 0.1) is 26.4 Å². The summed E-state index contributed by atoms with van der Waals surface area (Å²) in [6.07, 6.45) is 88.0. The molecule has 5 atom stereocenters. The predicted molar refractivity (Wildman–Crippen MR) is 427 cm³/mol. The highest BCUT2D eigenvalue weighted by Crippen LogP contribution is 2.45. The summed E-state index contributed by atoms with van der Waals surface area (Å²) in [6.45, 7) is 4.42. The van der Waals surface area contributed by atoms with Crippen LogP contribution in [-0.2, 0) is 65.4 Å². The molecule has 0 aromatic carbocycles. The highest BCUT2D eigenvalue weighted by Gasteiger charge is 2.30. The lowest BCUT2D eigenvalue weighted by molar-refractivity contribution is -0.161. The van der Waals surface area contributed by atoms with Crippen molar-refractivity contribution in [1.82, 2.24) is 0 Å². The van der Waals surface area contributed by atoms with E-state index in [1.54, 1.807) is 0 Å². The van der Waals surface area contributed by atoms with Crippen LogP contribution in [0.3, 0.4) is 0 Å². The van der Waals surface area contributed by atoms with Crippen LogP contribution in [0.1, 0.15) is 297 Å². The Morgan fingerprint density at radius 1 is 0.279 bits per heavy atom. The molecule has 0 fully saturated rings. The maximum Gasteiger partial charge on any atom is 0.472 e. The minimum absolute atomic E-state index is 0.0301. The topological polar surface area (TPSA) is 237 Å². The molecule has 0 radical (unpaired) electrons. The van der Waals surface area contributed by atoms with Gasteiger partial charge in [0, 0.05) is 25.7 Å². The lowest BCUT2D eigenvalue weighted by atomic mass is 10.1. The minimum Gasteiger partial charge on any atom is -0.462 e. The van der Waals surface area contributed by atoms with Crippen LogP contribution in [0, 0.1) is 0 Å². The summed E-state index contributed by atoms with van der Waals surface area (Å²) in [4.78, 5) is 73.0. The van der Waals surface area contributed by atoms with E-state index in [1.165, 1.54) is 38.5 Å². The molecular formula is C85H140O17P2. The van der Waals surface area contributed by atoms with E-state index in [0.717, 1.165) is 173 Å². The van der Waals surface area contributed by atoms with Crippen LogP contribution in [0.15, 0.2) is 158 Å². The predicted octanol–water partition coefficient (Wildman–Crippen LogP) is 23.2. The molecule has 0 saturated heterocycles. The van der Waals surface area contributed by atoms with Gasteiger partial charge in [-0.2, -0.15) is 0 Å². The summed E-state index contributed by atoms with van der Waals surface area (Å²) < 4.78 is 68.5. The molecule has 5 unspecified atom stereocenters. The number of aliphatic hydroxyl groups is 1. The van der Waals surface area contributed by atoms with Crippen molar-refractivity contribution in [1.29, 1.82) is 0 Å². The zero-order valence-corrected chi connectivity index (χ0v) is 66.4. The zero-order chi connectivity index (χ0) is 76.0. The highest BCUT2D eigenvalue weighted by atomic mass is 31.2. The molecule has 0 rings (SSSR count). The van der Waals surface area contributed by atoms with Gasteiger partial charge in [-0.25, -0.2) is 9.13 Å². The number of unbranched alkanes of at least 4 members (excludes halogenated alkanes) is 21. The molecule has 0 aliphatic heterocycles. The molecule has 592 valence electrons. The van der Waals surface area contributed by atoms with E-state index in [0.29, 0.717) is 32.1 Å². The molecule has 0 aliphatic rings. The van der Waals surface area contributed by atoms with E-state index < -0.39 is 97.5 Å². The normalized spacial score (nSPS) is 14.7. The number of phosphoric ester groups is 2. The Balaban J connectivity index is 5.40. The van der Waals surface area contributed by atoms with Crippen LogP contribution in [0.25, 0.3) is 0 Å². The van der Waals surface area contributed by atoms with Gasteiger partial charge >= 0.3 is 39.5 Å². The number of aliphatic hydroxyl groups excluding tert-OH is 1. The van der Waals surface area contributed by atoms with Crippen molar-refractivity contribution in [3.05, 3.63) is 158 Å². The van der Waals surface area contributed by atoms with Gasteiger partial charge in [0.25, 0.3) is 0 Å². The third-order valence-electron chi connectivity index (χ3n) is 16.0. The third-order valence-corrected chi connectivity index (χ3v) is 17.9. The monoisotopic (exact) mass is 1490 g/mol. The summed E-state index contributed by atoms with van der Waals surface area (Å²) in [5, 5.41) is 10.6. The van der Waals surface area contributed by atoms with Crippen LogP contribution >= 0.6 is 15.6 Å². The average molecular weight is 1500 g/mol. The standard InChI is InChI=1S/C85H140O17P2/c1-5-9-13-17-21-25-29-32-35-37-39-41-44-46-50-53-57-61-65-69-82(87)95-75-80(101-84(89)71-67-63-59-55-49-28-24-20-16-12-8-4)77-99-103(91,92)97-73-79(86)74-98-104(93,94)100-78-81(102-85(90)72-68-64-60-56-52-48-43-34-31-27-23-19-15-11-7-3)76-96-83(88)70-66-62-58-54-51-47-45-42-40-38-36-33-30-26-22-18-14-10-6-2/h9-11,13-15,21-23,25-27,32-36,39-43,47,51-52,56,79-81,86H,5-8,12,16-20,24,28-31,37-38,44-46,48-50,53-55,57-78H2,1-4H3,(H,91,92)(H,93,94)/b13-9-,14-10-,15-11-,25-21-,26-22-,27-23-,35-32-,36-33-,41-39-,42-40-,43-34-,51-47-,56-52-. The van der Waals surface area contributed by atoms with E-state index in [9.17, 15) is 43.2 Å². The number of allylic oxidation sites excluding steroid dienone is 26. The van der Waals surface area contributed by atoms with Gasteiger partial charge in [0.2, 0.25) is 0 Å². The van der Waals surface area contributed by atoms with Gasteiger partial charge in [-0.05, 0) is 148 Å². The van der Waals surface area contributed by atoms with E-state index in [1.807, 2.05) is 0 Å². The second kappa shape index (κ2) is 75.9. The van der Waals surface area contributed by atoms with Crippen molar-refractivity contribution >= 4 is 39.5 Å². The molecule has 104 heavy (non-hydrogen) atoms. The summed E-state index contributed by atoms with van der Waals surface area (Å²) in [6, 6.07) is 0. The van der Waals surface area contributed by atoms with Crippen LogP contribution in [0.4, 0.5) is 0 Å². The first kappa shape index (κ1) is 98.7. The number of ether oxygens (including phenoxy) is 4. The maximum atomic E-state index is 13.1. The molecular weight excluding hydrogens is 1350 g/mol. The molecule has 0 spiro atoms. The van der Waals surface area contributed by atoms with Crippen LogP contribution in [-0.4, -0.2) is 96.7 Å². The van der Waals surface area contributed by atoms with Crippen LogP contribution < -0.4 is 0 Å². The Morgan fingerprint density at radius 2 is 0.500 bits per heavy atom. The lowest BCUT2D eigenvalue weighted by Crippen LogP contribution is -2.30. The van der Waals surface area contributed by atoms with Crippen molar-refractivity contribution in [2.24, 2.45) is 0 Å². The molecule has 0 bridgehead atoms. The van der Waals surface area contributed by atoms with E-state index in [-0.39, 0.29) is 25.7 Å². The summed E-state index contributed by atoms with van der Waals surface area (Å²) in [7, 11) is -9.99. The first-order chi connectivity index (χ1) is 50.7. The van der Waals surface area contributed by atoms with Gasteiger partial charge < -0.3 is 33.8 Å². The zero-order valence-electron chi connectivity index (χ0n) is 64.6. The molecule has 0 aromatic rings. The van der Waals surface area contributed by atoms with Crippen LogP contribution in [0.5, 0.6) is 0 Å². The van der Waals surface area contributed by atoms with Crippen molar-refractivity contribution < 1.29 is 80.2 Å². The van der Waals surface area contributed by atoms with Gasteiger partial charge in [0.1, 0.15) is 19.3 Å². The molecule has 19 heteroatoms. The lowest BCUT2D eigenvalue weighted by Gasteiger charge is -2.21. The van der Waals surface area contributed by atoms with Gasteiger partial charge in [-0.3, -0.25) is 37.3 Å². The first-order valence-corrected chi connectivity index (χ1v) is 42.7. The molecule has 0 amide bonds. The average Bonchev–Trinajstić information content (AvgIpc) is 0.929. The van der Waals surface area contributed by atoms with Crippen molar-refractivity contribution in [3.8, 4) is 0 Å². The Labute approximate surface area is 629 Å². The fourth-order valence-corrected chi connectivity index (χ4v) is 11.6. The SMILES string of the molecule is CC/C=C\C/C=C\C/C=C\C/C=C\C/C=C\CCCCCC(=O)OCC(COP(=O)(O)OCC(O)COP(=O)(O)OCC(COC(=O)CCCCCCCC/C=C\C/C=C\C/C=C\C/C=C\CC)OC(=O)CCCCCCCCCCCCC)OC(=O)CCCC/C=C\C/C=C\C/C=C\C/C=C\CC. The molecule has 17 nitrogen and oxygen atoms in total. The molecule has 0 aliphatic carbocycles. The van der Waals surface area contributed by atoms with Gasteiger partial charge in [0.15, 0.2) is 12.2 Å². The number of phosphoric acid groups is 2. The summed E-state index contributed by atoms with van der Waals surface area (Å²) in [5.74, 6) is -2.28. The fraction of sp³-hybridized carbons (Fsp3) is 0.647. The van der Waals surface area contributed by atoms with Crippen molar-refractivity contribution in [2.45, 2.75) is 316 Å². The fourth-order valence-electron chi connectivity index (χ4n) is 10.1. The Bertz CT molecular complexity index is 2590. The Hall–Kier alpha value is -5.32. The number of rotatable bonds is 73. The largest absolute Gasteiger partial charge is 0.472 e. The van der Waals surface area contributed by atoms with E-state index in [2.05, 4.69) is 186 Å². The second-order valence-corrected chi connectivity index (χ2v) is 28.8. The maximum absolute atomic E-state index is 13.1. The number of carbonyl (C=O) groups is 4. The third kappa shape index (κ3) is 74.9. The Morgan fingerprint density at radius 3 is 0.798 bits per heavy atom. The summed E-state index contributed by atoms with van der Waals surface area (Å²) >= 11 is 0. The summed E-state index contributed by atoms with van der Waals surface area (Å²) in [5.41, 5.74) is 0. The van der Waals surface area contributed by atoms with Crippen molar-refractivity contribution in [3.63, 3.8) is 0 Å². The van der Waals surface area contributed by atoms with Gasteiger partial charge in [-0.15, -0.1) is 0 Å². The van der Waals surface area contributed by atoms with Crippen LogP contribution in [0.2, 0.25) is 0 Å². The molecule has 0 saturated carbocycles. The van der Waals surface area contributed by atoms with E-state index in [4.69, 9.17) is 37.0 Å². The quantitative estimate of drug-likeness (QED) is 0.0169. The number of carbonyl (C=O) groups excluding carboxylic acids is 4. The molecule has 0 heterocycles. The Kier molecular flexibility index (Phi) is 72.0. The molecule has 3 N–H and O–H groups in total. The minimum atomic E-state index is -5.00. The van der Waals surface area contributed by atoms with Crippen molar-refractivity contribution in [2.75, 3.05) is 39.6 Å². The number of hydrogen-bond donors (Lipinski definition) is 3. The number of esters is 4. The van der Waals surface area contributed by atoms with Gasteiger partial charge in [-0.1, -0.05) is 282 Å². The second-order valence-electron chi connectivity index (χ2n) is 25.9. The molecule has 0 aromatic heterocycles.